The Bertz CT molecular complexity index is 674. The third-order valence-electron chi connectivity index (χ3n) is 3.14. The summed E-state index contributed by atoms with van der Waals surface area (Å²) in [6.07, 6.45) is 8.66. The minimum absolute atomic E-state index is 0.0305. The smallest absolute Gasteiger partial charge is 0.412 e. The number of hydrogen-bond donors (Lipinski definition) is 2. The van der Waals surface area contributed by atoms with E-state index < -0.39 is 11.7 Å². The first-order valence-corrected chi connectivity index (χ1v) is 8.15. The van der Waals surface area contributed by atoms with E-state index in [-0.39, 0.29) is 6.61 Å². The largest absolute Gasteiger partial charge is 0.444 e. The highest BCUT2D eigenvalue weighted by Gasteiger charge is 2.16. The minimum Gasteiger partial charge on any atom is -0.444 e. The number of hydrogen-bond acceptors (Lipinski definition) is 3. The van der Waals surface area contributed by atoms with Crippen molar-refractivity contribution in [3.63, 3.8) is 0 Å². The van der Waals surface area contributed by atoms with Crippen molar-refractivity contribution in [3.8, 4) is 0 Å². The molecule has 0 radical (unpaired) electrons. The lowest BCUT2D eigenvalue weighted by Gasteiger charge is -2.20. The van der Waals surface area contributed by atoms with Crippen LogP contribution in [0.3, 0.4) is 0 Å². The molecule has 0 unspecified atom stereocenters. The second-order valence-corrected chi connectivity index (χ2v) is 6.45. The first-order valence-electron chi connectivity index (χ1n) is 8.15. The normalized spacial score (nSPS) is 13.0. The van der Waals surface area contributed by atoms with Gasteiger partial charge in [-0.25, -0.2) is 4.79 Å². The van der Waals surface area contributed by atoms with Gasteiger partial charge in [-0.3, -0.25) is 5.32 Å². The van der Waals surface area contributed by atoms with Gasteiger partial charge < -0.3 is 9.84 Å². The maximum Gasteiger partial charge on any atom is 0.412 e. The Balaban J connectivity index is 2.82. The molecule has 0 saturated heterocycles. The van der Waals surface area contributed by atoms with Crippen molar-refractivity contribution in [1.29, 1.82) is 0 Å². The molecule has 0 spiro atoms. The molecule has 1 amide bonds. The minimum atomic E-state index is -0.547. The Hall–Kier alpha value is -2.59. The molecule has 25 heavy (non-hydrogen) atoms. The van der Waals surface area contributed by atoms with Crippen LogP contribution in [-0.2, 0) is 11.3 Å². The molecule has 1 aromatic rings. The van der Waals surface area contributed by atoms with Gasteiger partial charge in [0.15, 0.2) is 0 Å². The number of alkyl carbamates (subject to hydrolysis) is 1. The van der Waals surface area contributed by atoms with Gasteiger partial charge in [-0.1, -0.05) is 55.1 Å². The van der Waals surface area contributed by atoms with Crippen LogP contribution in [0.5, 0.6) is 0 Å². The fraction of sp³-hybridized carbons (Fsp3) is 0.286. The van der Waals surface area contributed by atoms with Crippen LogP contribution in [0.4, 0.5) is 4.79 Å². The van der Waals surface area contributed by atoms with E-state index in [0.717, 1.165) is 16.7 Å². The number of carbonyl (C=O) groups is 1. The molecule has 0 saturated carbocycles. The van der Waals surface area contributed by atoms with Crippen LogP contribution < -0.4 is 5.32 Å². The van der Waals surface area contributed by atoms with Crippen molar-refractivity contribution >= 4 is 12.2 Å². The number of benzene rings is 1. The third-order valence-corrected chi connectivity index (χ3v) is 3.14. The first kappa shape index (κ1) is 20.5. The monoisotopic (exact) mass is 341 g/mol. The van der Waals surface area contributed by atoms with E-state index in [2.05, 4.69) is 11.9 Å². The molecule has 0 aliphatic rings. The summed E-state index contributed by atoms with van der Waals surface area (Å²) in [4.78, 5) is 11.9. The summed E-state index contributed by atoms with van der Waals surface area (Å²) in [6.45, 7) is 11.1. The highest BCUT2D eigenvalue weighted by atomic mass is 16.6. The number of nitrogens with one attached hydrogen (secondary N) is 1. The van der Waals surface area contributed by atoms with Gasteiger partial charge in [-0.2, -0.15) is 0 Å². The maximum atomic E-state index is 11.9. The van der Waals surface area contributed by atoms with Crippen molar-refractivity contribution in [2.24, 2.45) is 0 Å². The van der Waals surface area contributed by atoms with E-state index in [1.165, 1.54) is 0 Å². The van der Waals surface area contributed by atoms with Gasteiger partial charge in [0.1, 0.15) is 5.60 Å². The zero-order valence-electron chi connectivity index (χ0n) is 15.4. The average Bonchev–Trinajstić information content (AvgIpc) is 2.56. The lowest BCUT2D eigenvalue weighted by atomic mass is 10.1. The van der Waals surface area contributed by atoms with Gasteiger partial charge in [0.25, 0.3) is 0 Å². The van der Waals surface area contributed by atoms with Gasteiger partial charge in [0.05, 0.1) is 6.61 Å². The van der Waals surface area contributed by atoms with Crippen LogP contribution in [0.15, 0.2) is 66.4 Å². The molecule has 0 fully saturated rings. The van der Waals surface area contributed by atoms with E-state index >= 15 is 0 Å². The lowest BCUT2D eigenvalue weighted by molar-refractivity contribution is 0.0548. The number of allylic oxidation sites excluding steroid dienone is 5. The molecular formula is C21H27NO3. The van der Waals surface area contributed by atoms with Gasteiger partial charge in [-0.05, 0) is 50.5 Å². The van der Waals surface area contributed by atoms with E-state index in [0.29, 0.717) is 5.70 Å². The van der Waals surface area contributed by atoms with Crippen LogP contribution in [0, 0.1) is 0 Å². The Morgan fingerprint density at radius 1 is 1.28 bits per heavy atom. The fourth-order valence-electron chi connectivity index (χ4n) is 1.89. The van der Waals surface area contributed by atoms with Gasteiger partial charge in [0.2, 0.25) is 0 Å². The van der Waals surface area contributed by atoms with E-state index in [1.807, 2.05) is 70.2 Å². The molecule has 0 atom stereocenters. The molecule has 2 N–H and O–H groups in total. The molecule has 0 aliphatic heterocycles. The molecule has 4 nitrogen and oxygen atoms in total. The predicted molar refractivity (Wildman–Crippen MR) is 103 cm³/mol. The summed E-state index contributed by atoms with van der Waals surface area (Å²) in [5.74, 6) is 0. The zero-order valence-corrected chi connectivity index (χ0v) is 15.4. The second kappa shape index (κ2) is 9.64. The van der Waals surface area contributed by atoms with E-state index in [1.54, 1.807) is 12.2 Å². The molecule has 134 valence electrons. The number of aliphatic hydroxyl groups is 1. The van der Waals surface area contributed by atoms with Crippen molar-refractivity contribution in [2.75, 3.05) is 0 Å². The van der Waals surface area contributed by atoms with Crippen molar-refractivity contribution in [3.05, 3.63) is 77.5 Å². The fourth-order valence-corrected chi connectivity index (χ4v) is 1.89. The highest BCUT2D eigenvalue weighted by molar-refractivity contribution is 5.71. The van der Waals surface area contributed by atoms with Crippen molar-refractivity contribution < 1.29 is 14.6 Å². The van der Waals surface area contributed by atoms with Gasteiger partial charge in [-0.15, -0.1) is 0 Å². The SMILES string of the molecule is C=CC(/C=C/c1ccc(CO)cc1)=C\C(=C/C)NC(=O)OC(C)(C)C. The van der Waals surface area contributed by atoms with Crippen molar-refractivity contribution in [2.45, 2.75) is 39.9 Å². The molecule has 0 aromatic heterocycles. The molecule has 0 bridgehead atoms. The van der Waals surface area contributed by atoms with E-state index in [4.69, 9.17) is 9.84 Å². The first-order chi connectivity index (χ1) is 11.8. The summed E-state index contributed by atoms with van der Waals surface area (Å²) in [5.41, 5.74) is 2.80. The van der Waals surface area contributed by atoms with Crippen LogP contribution in [0.2, 0.25) is 0 Å². The van der Waals surface area contributed by atoms with E-state index in [9.17, 15) is 4.79 Å². The van der Waals surface area contributed by atoms with Crippen LogP contribution in [-0.4, -0.2) is 16.8 Å². The predicted octanol–water partition coefficient (Wildman–Crippen LogP) is 4.73. The quantitative estimate of drug-likeness (QED) is 0.735. The zero-order chi connectivity index (χ0) is 18.9. The summed E-state index contributed by atoms with van der Waals surface area (Å²) in [5, 5.41) is 11.8. The number of carbonyl (C=O) groups excluding carboxylic acids is 1. The Morgan fingerprint density at radius 3 is 2.40 bits per heavy atom. The summed E-state index contributed by atoms with van der Waals surface area (Å²) in [7, 11) is 0. The number of ether oxygens (including phenoxy) is 1. The van der Waals surface area contributed by atoms with Gasteiger partial charge >= 0.3 is 6.09 Å². The Labute approximate surface area is 150 Å². The molecule has 0 heterocycles. The third kappa shape index (κ3) is 8.18. The molecule has 1 aromatic carbocycles. The molecular weight excluding hydrogens is 314 g/mol. The number of amides is 1. The molecule has 1 rings (SSSR count). The van der Waals surface area contributed by atoms with Crippen LogP contribution in [0.25, 0.3) is 6.08 Å². The Morgan fingerprint density at radius 2 is 1.92 bits per heavy atom. The number of rotatable bonds is 6. The van der Waals surface area contributed by atoms with Crippen molar-refractivity contribution in [1.82, 2.24) is 5.32 Å². The van der Waals surface area contributed by atoms with Crippen LogP contribution in [0.1, 0.15) is 38.8 Å². The number of aliphatic hydroxyl groups excluding tert-OH is 1. The highest BCUT2D eigenvalue weighted by Crippen LogP contribution is 2.11. The summed E-state index contributed by atoms with van der Waals surface area (Å²) < 4.78 is 5.25. The lowest BCUT2D eigenvalue weighted by Crippen LogP contribution is -2.31. The van der Waals surface area contributed by atoms with Crippen LogP contribution >= 0.6 is 0 Å². The Kier molecular flexibility index (Phi) is 7.89. The average molecular weight is 341 g/mol. The van der Waals surface area contributed by atoms with Gasteiger partial charge in [0, 0.05) is 5.70 Å². The standard InChI is InChI=1S/C21H27NO3/c1-6-16(8-9-17-10-12-18(15-23)13-11-17)14-19(7-2)22-20(24)25-21(3,4)5/h6-14,23H,1,15H2,2-5H3,(H,22,24)/b9-8+,16-14+,19-7+. The molecule has 0 aliphatic carbocycles. The topological polar surface area (TPSA) is 58.6 Å². The summed E-state index contributed by atoms with van der Waals surface area (Å²) in [6, 6.07) is 7.60. The molecule has 4 heteroatoms. The maximum absolute atomic E-state index is 11.9. The second-order valence-electron chi connectivity index (χ2n) is 6.45. The summed E-state index contributed by atoms with van der Waals surface area (Å²) >= 11 is 0.